The number of amides is 2. The fourth-order valence-electron chi connectivity index (χ4n) is 4.34. The number of carbonyl (C=O) groups excluding carboxylic acids is 2. The van der Waals surface area contributed by atoms with Crippen molar-refractivity contribution < 1.29 is 9.59 Å². The second kappa shape index (κ2) is 10.5. The number of hydrogen-bond donors (Lipinski definition) is 1. The second-order valence-corrected chi connectivity index (χ2v) is 10.8. The van der Waals surface area contributed by atoms with Crippen LogP contribution in [0.1, 0.15) is 5.56 Å². The number of nitrogens with zero attached hydrogens (tertiary/aromatic N) is 1. The number of nitrogens with one attached hydrogen (secondary N) is 1. The van der Waals surface area contributed by atoms with Crippen LogP contribution >= 0.6 is 23.1 Å². The molecule has 2 amide bonds. The van der Waals surface area contributed by atoms with Crippen LogP contribution in [0.2, 0.25) is 0 Å². The van der Waals surface area contributed by atoms with Crippen LogP contribution < -0.4 is 10.2 Å². The highest BCUT2D eigenvalue weighted by Crippen LogP contribution is 2.38. The van der Waals surface area contributed by atoms with Crippen LogP contribution in [0.5, 0.6) is 0 Å². The molecular formula is C32H22N2O2S2. The third-order valence-corrected chi connectivity index (χ3v) is 8.17. The van der Waals surface area contributed by atoms with Crippen LogP contribution in [0.25, 0.3) is 27.0 Å². The Morgan fingerprint density at radius 1 is 0.579 bits per heavy atom. The predicted octanol–water partition coefficient (Wildman–Crippen LogP) is 8.88. The summed E-state index contributed by atoms with van der Waals surface area (Å²) >= 11 is 2.67. The second-order valence-electron chi connectivity index (χ2n) is 8.69. The third kappa shape index (κ3) is 5.05. The maximum absolute atomic E-state index is 11.8. The molecule has 0 spiro atoms. The highest BCUT2D eigenvalue weighted by atomic mass is 32.2. The van der Waals surface area contributed by atoms with E-state index in [9.17, 15) is 9.59 Å². The van der Waals surface area contributed by atoms with Crippen LogP contribution in [0, 0.1) is 0 Å². The van der Waals surface area contributed by atoms with Gasteiger partial charge >= 0.3 is 0 Å². The van der Waals surface area contributed by atoms with Gasteiger partial charge in [-0.05, 0) is 83.1 Å². The van der Waals surface area contributed by atoms with Gasteiger partial charge < -0.3 is 4.90 Å². The molecule has 1 aliphatic heterocycles. The van der Waals surface area contributed by atoms with Crippen LogP contribution in [0.4, 0.5) is 21.9 Å². The van der Waals surface area contributed by atoms with Gasteiger partial charge in [-0.2, -0.15) is 0 Å². The number of para-hydroxylation sites is 2. The van der Waals surface area contributed by atoms with E-state index in [4.69, 9.17) is 0 Å². The van der Waals surface area contributed by atoms with Crippen molar-refractivity contribution in [1.29, 1.82) is 0 Å². The first-order valence-electron chi connectivity index (χ1n) is 12.1. The Labute approximate surface area is 229 Å². The van der Waals surface area contributed by atoms with Crippen molar-refractivity contribution in [1.82, 2.24) is 5.32 Å². The Kier molecular flexibility index (Phi) is 6.65. The van der Waals surface area contributed by atoms with E-state index in [-0.39, 0.29) is 11.1 Å². The number of carbonyl (C=O) groups is 2. The fraction of sp³-hybridized carbons (Fsp3) is 0. The molecule has 1 saturated heterocycles. The lowest BCUT2D eigenvalue weighted by Gasteiger charge is -2.25. The molecule has 1 aromatic heterocycles. The average molecular weight is 531 g/mol. The van der Waals surface area contributed by atoms with Gasteiger partial charge in [-0.1, -0.05) is 72.8 Å². The van der Waals surface area contributed by atoms with Gasteiger partial charge in [0.25, 0.3) is 11.1 Å². The van der Waals surface area contributed by atoms with E-state index in [0.29, 0.717) is 4.91 Å². The molecule has 38 heavy (non-hydrogen) atoms. The van der Waals surface area contributed by atoms with Gasteiger partial charge in [0.1, 0.15) is 0 Å². The molecule has 0 atom stereocenters. The minimum absolute atomic E-state index is 0.329. The molecule has 1 aliphatic rings. The highest BCUT2D eigenvalue weighted by Gasteiger charge is 2.24. The summed E-state index contributed by atoms with van der Waals surface area (Å²) in [5.74, 6) is -0.339. The zero-order valence-corrected chi connectivity index (χ0v) is 21.8. The Balaban J connectivity index is 1.23. The molecule has 184 valence electrons. The third-order valence-electron chi connectivity index (χ3n) is 6.18. The molecule has 6 heteroatoms. The van der Waals surface area contributed by atoms with E-state index >= 15 is 0 Å². The van der Waals surface area contributed by atoms with Crippen LogP contribution in [-0.2, 0) is 4.79 Å². The maximum atomic E-state index is 11.8. The number of hydrogen-bond acceptors (Lipinski definition) is 5. The molecule has 5 aromatic rings. The summed E-state index contributed by atoms with van der Waals surface area (Å²) in [7, 11) is 0. The molecule has 4 aromatic carbocycles. The largest absolute Gasteiger partial charge is 0.311 e. The van der Waals surface area contributed by atoms with Crippen molar-refractivity contribution in [3.05, 3.63) is 132 Å². The monoisotopic (exact) mass is 530 g/mol. The van der Waals surface area contributed by atoms with E-state index in [1.807, 2.05) is 36.4 Å². The molecular weight excluding hydrogens is 508 g/mol. The van der Waals surface area contributed by atoms with E-state index in [0.717, 1.165) is 40.0 Å². The molecule has 2 heterocycles. The molecule has 0 unspecified atom stereocenters. The summed E-state index contributed by atoms with van der Waals surface area (Å²) in [6.07, 6.45) is 1.74. The summed E-state index contributed by atoms with van der Waals surface area (Å²) in [6, 6.07) is 41.8. The van der Waals surface area contributed by atoms with E-state index < -0.39 is 0 Å². The van der Waals surface area contributed by atoms with E-state index in [1.165, 1.54) is 15.3 Å². The van der Waals surface area contributed by atoms with Crippen molar-refractivity contribution in [3.8, 4) is 20.9 Å². The molecule has 0 saturated carbocycles. The minimum Gasteiger partial charge on any atom is -0.311 e. The zero-order chi connectivity index (χ0) is 25.9. The normalized spacial score (nSPS) is 14.1. The van der Waals surface area contributed by atoms with Gasteiger partial charge in [-0.15, -0.1) is 11.3 Å². The lowest BCUT2D eigenvalue weighted by atomic mass is 10.1. The van der Waals surface area contributed by atoms with Gasteiger partial charge in [0.2, 0.25) is 0 Å². The zero-order valence-electron chi connectivity index (χ0n) is 20.2. The topological polar surface area (TPSA) is 49.4 Å². The Morgan fingerprint density at radius 2 is 1.08 bits per heavy atom. The molecule has 0 radical (unpaired) electrons. The summed E-state index contributed by atoms with van der Waals surface area (Å²) in [5.41, 5.74) is 6.49. The highest BCUT2D eigenvalue weighted by molar-refractivity contribution is 8.18. The quantitative estimate of drug-likeness (QED) is 0.223. The summed E-state index contributed by atoms with van der Waals surface area (Å²) < 4.78 is 0. The van der Waals surface area contributed by atoms with Gasteiger partial charge in [0.05, 0.1) is 4.91 Å². The molecule has 0 bridgehead atoms. The van der Waals surface area contributed by atoms with Gasteiger partial charge in [-0.3, -0.25) is 14.9 Å². The SMILES string of the molecule is O=C1NC(=O)/C(=C/c2ccc(-c3ccc(-c4ccc(N(c5ccccc5)c5ccccc5)cc4)s3)cc2)S1. The van der Waals surface area contributed by atoms with Crippen molar-refractivity contribution in [2.24, 2.45) is 0 Å². The summed E-state index contributed by atoms with van der Waals surface area (Å²) in [4.78, 5) is 28.2. The first kappa shape index (κ1) is 24.0. The smallest absolute Gasteiger partial charge is 0.290 e. The molecule has 4 nitrogen and oxygen atoms in total. The lowest BCUT2D eigenvalue weighted by molar-refractivity contribution is -0.115. The first-order valence-corrected chi connectivity index (χ1v) is 13.7. The Morgan fingerprint density at radius 3 is 1.58 bits per heavy atom. The van der Waals surface area contributed by atoms with Gasteiger partial charge in [0, 0.05) is 26.8 Å². The van der Waals surface area contributed by atoms with Crippen molar-refractivity contribution in [2.45, 2.75) is 0 Å². The van der Waals surface area contributed by atoms with Crippen LogP contribution in [0.3, 0.4) is 0 Å². The first-order chi connectivity index (χ1) is 18.6. The van der Waals surface area contributed by atoms with Crippen LogP contribution in [-0.4, -0.2) is 11.1 Å². The van der Waals surface area contributed by atoms with Crippen LogP contribution in [0.15, 0.2) is 126 Å². The van der Waals surface area contributed by atoms with E-state index in [1.54, 1.807) is 17.4 Å². The van der Waals surface area contributed by atoms with Gasteiger partial charge in [0.15, 0.2) is 0 Å². The molecule has 1 N–H and O–H groups in total. The van der Waals surface area contributed by atoms with E-state index in [2.05, 4.69) is 95.1 Å². The number of anilines is 3. The standard InChI is InChI=1S/C32H22N2O2S2/c35-31-30(38-32(36)33-31)21-22-11-13-23(14-12-22)28-19-20-29(37-28)24-15-17-27(18-16-24)34(25-7-3-1-4-8-25)26-9-5-2-6-10-26/h1-21H,(H,33,35,36)/b30-21-. The van der Waals surface area contributed by atoms with Crippen molar-refractivity contribution in [3.63, 3.8) is 0 Å². The number of thioether (sulfide) groups is 1. The summed E-state index contributed by atoms with van der Waals surface area (Å²) in [5, 5.41) is 1.96. The number of thiophene rings is 1. The van der Waals surface area contributed by atoms with Crippen molar-refractivity contribution >= 4 is 57.4 Å². The molecule has 0 aliphatic carbocycles. The van der Waals surface area contributed by atoms with Crippen molar-refractivity contribution in [2.75, 3.05) is 4.90 Å². The summed E-state index contributed by atoms with van der Waals surface area (Å²) in [6.45, 7) is 0. The molecule has 6 rings (SSSR count). The predicted molar refractivity (Wildman–Crippen MR) is 159 cm³/mol. The minimum atomic E-state index is -0.339. The molecule has 1 fully saturated rings. The van der Waals surface area contributed by atoms with Gasteiger partial charge in [-0.25, -0.2) is 0 Å². The number of imide groups is 1. The Hall–Kier alpha value is -4.39. The lowest BCUT2D eigenvalue weighted by Crippen LogP contribution is -2.17. The number of benzene rings is 4. The maximum Gasteiger partial charge on any atom is 0.290 e. The Bertz CT molecular complexity index is 1590. The number of rotatable bonds is 6. The fourth-order valence-corrected chi connectivity index (χ4v) is 6.04. The average Bonchev–Trinajstić information content (AvgIpc) is 3.57.